The largest absolute Gasteiger partial charge is 0.307 e. The number of hydrogen-bond donors (Lipinski definition) is 1. The molecular weight excluding hydrogens is 189 g/mol. The zero-order valence-electron chi connectivity index (χ0n) is 9.55. The van der Waals surface area contributed by atoms with Crippen molar-refractivity contribution >= 4 is 0 Å². The third-order valence-corrected chi connectivity index (χ3v) is 2.28. The molecule has 1 rings (SSSR count). The molecule has 82 valence electrons. The summed E-state index contributed by atoms with van der Waals surface area (Å²) in [6, 6.07) is 6.88. The van der Waals surface area contributed by atoms with Crippen molar-refractivity contribution in [1.29, 1.82) is 0 Å². The number of benzene rings is 1. The minimum atomic E-state index is -0.177. The van der Waals surface area contributed by atoms with Crippen LogP contribution in [-0.2, 0) is 0 Å². The van der Waals surface area contributed by atoms with Crippen LogP contribution in [0.1, 0.15) is 32.4 Å². The van der Waals surface area contributed by atoms with Crippen LogP contribution in [0.5, 0.6) is 0 Å². The second-order valence-corrected chi connectivity index (χ2v) is 3.97. The summed E-state index contributed by atoms with van der Waals surface area (Å²) in [6.07, 6.45) is 2.12. The van der Waals surface area contributed by atoms with Crippen LogP contribution in [-0.4, -0.2) is 6.54 Å². The molecular formula is C13H18FN. The van der Waals surface area contributed by atoms with Crippen LogP contribution >= 0.6 is 0 Å². The molecule has 0 aromatic heterocycles. The van der Waals surface area contributed by atoms with Crippen LogP contribution in [0, 0.1) is 5.82 Å². The molecule has 0 spiro atoms. The Labute approximate surface area is 91.0 Å². The Balaban J connectivity index is 2.54. The Morgan fingerprint density at radius 3 is 2.80 bits per heavy atom. The Kier molecular flexibility index (Phi) is 4.50. The molecule has 0 bridgehead atoms. The average Bonchev–Trinajstić information content (AvgIpc) is 2.17. The fourth-order valence-electron chi connectivity index (χ4n) is 1.33. The van der Waals surface area contributed by atoms with Gasteiger partial charge in [0.1, 0.15) is 5.82 Å². The quantitative estimate of drug-likeness (QED) is 0.746. The molecule has 2 heteroatoms. The van der Waals surface area contributed by atoms with Crippen LogP contribution in [0.3, 0.4) is 0 Å². The first-order chi connectivity index (χ1) is 7.09. The standard InChI is InChI=1S/C13H18FN/c1-10(2)7-8-15-11(3)12-5-4-6-13(14)9-12/h4-7,9,11,15H,8H2,1-3H3. The summed E-state index contributed by atoms with van der Waals surface area (Å²) in [5, 5.41) is 3.31. The molecule has 0 aliphatic carbocycles. The Hall–Kier alpha value is -1.15. The predicted octanol–water partition coefficient (Wildman–Crippen LogP) is 3.44. The summed E-state index contributed by atoms with van der Waals surface area (Å²) in [7, 11) is 0. The van der Waals surface area contributed by atoms with Crippen molar-refractivity contribution in [3.05, 3.63) is 47.3 Å². The van der Waals surface area contributed by atoms with Gasteiger partial charge in [0.15, 0.2) is 0 Å². The van der Waals surface area contributed by atoms with Crippen molar-refractivity contribution in [3.8, 4) is 0 Å². The lowest BCUT2D eigenvalue weighted by Gasteiger charge is -2.12. The fraction of sp³-hybridized carbons (Fsp3) is 0.385. The highest BCUT2D eigenvalue weighted by Crippen LogP contribution is 2.12. The second kappa shape index (κ2) is 5.66. The predicted molar refractivity (Wildman–Crippen MR) is 62.2 cm³/mol. The van der Waals surface area contributed by atoms with E-state index >= 15 is 0 Å². The molecule has 1 aromatic rings. The third-order valence-electron chi connectivity index (χ3n) is 2.28. The molecule has 1 atom stereocenters. The van der Waals surface area contributed by atoms with Crippen LogP contribution in [0.4, 0.5) is 4.39 Å². The van der Waals surface area contributed by atoms with E-state index in [1.54, 1.807) is 12.1 Å². The van der Waals surface area contributed by atoms with Crippen molar-refractivity contribution in [2.75, 3.05) is 6.54 Å². The maximum Gasteiger partial charge on any atom is 0.123 e. The summed E-state index contributed by atoms with van der Waals surface area (Å²) in [6.45, 7) is 6.98. The van der Waals surface area contributed by atoms with Crippen molar-refractivity contribution in [1.82, 2.24) is 5.32 Å². The minimum absolute atomic E-state index is 0.177. The van der Waals surface area contributed by atoms with Gasteiger partial charge in [-0.25, -0.2) is 4.39 Å². The van der Waals surface area contributed by atoms with E-state index in [-0.39, 0.29) is 11.9 Å². The highest BCUT2D eigenvalue weighted by Gasteiger charge is 2.03. The van der Waals surface area contributed by atoms with E-state index in [0.717, 1.165) is 12.1 Å². The Bertz CT molecular complexity index is 340. The molecule has 0 saturated carbocycles. The van der Waals surface area contributed by atoms with Gasteiger partial charge in [0.05, 0.1) is 0 Å². The summed E-state index contributed by atoms with van der Waals surface area (Å²) in [4.78, 5) is 0. The van der Waals surface area contributed by atoms with Gasteiger partial charge in [0.25, 0.3) is 0 Å². The van der Waals surface area contributed by atoms with Gasteiger partial charge < -0.3 is 5.32 Å². The molecule has 0 aliphatic heterocycles. The van der Waals surface area contributed by atoms with Gasteiger partial charge in [-0.05, 0) is 38.5 Å². The number of halogens is 1. The highest BCUT2D eigenvalue weighted by atomic mass is 19.1. The van der Waals surface area contributed by atoms with E-state index in [9.17, 15) is 4.39 Å². The molecule has 1 unspecified atom stereocenters. The molecule has 1 N–H and O–H groups in total. The van der Waals surface area contributed by atoms with Crippen LogP contribution in [0.15, 0.2) is 35.9 Å². The maximum absolute atomic E-state index is 12.9. The van der Waals surface area contributed by atoms with E-state index in [0.29, 0.717) is 0 Å². The Morgan fingerprint density at radius 2 is 2.20 bits per heavy atom. The number of allylic oxidation sites excluding steroid dienone is 1. The first-order valence-electron chi connectivity index (χ1n) is 5.22. The van der Waals surface area contributed by atoms with Gasteiger partial charge in [-0.2, -0.15) is 0 Å². The van der Waals surface area contributed by atoms with E-state index < -0.39 is 0 Å². The zero-order valence-corrected chi connectivity index (χ0v) is 9.55. The number of nitrogens with one attached hydrogen (secondary N) is 1. The van der Waals surface area contributed by atoms with Crippen molar-refractivity contribution in [3.63, 3.8) is 0 Å². The Morgan fingerprint density at radius 1 is 1.47 bits per heavy atom. The first kappa shape index (κ1) is 11.9. The molecule has 15 heavy (non-hydrogen) atoms. The van der Waals surface area contributed by atoms with Crippen LogP contribution < -0.4 is 5.32 Å². The molecule has 0 aliphatic rings. The molecule has 1 nitrogen and oxygen atoms in total. The summed E-state index contributed by atoms with van der Waals surface area (Å²) >= 11 is 0. The van der Waals surface area contributed by atoms with E-state index in [1.165, 1.54) is 11.6 Å². The first-order valence-corrected chi connectivity index (χ1v) is 5.22. The van der Waals surface area contributed by atoms with Gasteiger partial charge >= 0.3 is 0 Å². The van der Waals surface area contributed by atoms with Gasteiger partial charge in [-0.1, -0.05) is 23.8 Å². The molecule has 0 amide bonds. The second-order valence-electron chi connectivity index (χ2n) is 3.97. The third kappa shape index (κ3) is 4.26. The normalized spacial score (nSPS) is 12.3. The van der Waals surface area contributed by atoms with Crippen molar-refractivity contribution in [2.24, 2.45) is 0 Å². The smallest absolute Gasteiger partial charge is 0.123 e. The maximum atomic E-state index is 12.9. The molecule has 0 heterocycles. The topological polar surface area (TPSA) is 12.0 Å². The van der Waals surface area contributed by atoms with Crippen molar-refractivity contribution < 1.29 is 4.39 Å². The molecule has 0 fully saturated rings. The number of hydrogen-bond acceptors (Lipinski definition) is 1. The van der Waals surface area contributed by atoms with E-state index in [1.807, 2.05) is 13.0 Å². The summed E-state index contributed by atoms with van der Waals surface area (Å²) in [5.41, 5.74) is 2.27. The van der Waals surface area contributed by atoms with Crippen molar-refractivity contribution in [2.45, 2.75) is 26.8 Å². The van der Waals surface area contributed by atoms with E-state index in [4.69, 9.17) is 0 Å². The monoisotopic (exact) mass is 207 g/mol. The summed E-state index contributed by atoms with van der Waals surface area (Å²) < 4.78 is 12.9. The SMILES string of the molecule is CC(C)=CCNC(C)c1cccc(F)c1. The van der Waals surface area contributed by atoms with Gasteiger partial charge in [-0.3, -0.25) is 0 Å². The van der Waals surface area contributed by atoms with Gasteiger partial charge in [0.2, 0.25) is 0 Å². The summed E-state index contributed by atoms with van der Waals surface area (Å²) in [5.74, 6) is -0.177. The van der Waals surface area contributed by atoms with Crippen LogP contribution in [0.25, 0.3) is 0 Å². The molecule has 1 aromatic carbocycles. The minimum Gasteiger partial charge on any atom is -0.307 e. The molecule has 0 radical (unpaired) electrons. The highest BCUT2D eigenvalue weighted by molar-refractivity contribution is 5.19. The fourth-order valence-corrected chi connectivity index (χ4v) is 1.33. The average molecular weight is 207 g/mol. The lowest BCUT2D eigenvalue weighted by molar-refractivity contribution is 0.594. The number of rotatable bonds is 4. The zero-order chi connectivity index (χ0) is 11.3. The molecule has 0 saturated heterocycles. The lowest BCUT2D eigenvalue weighted by atomic mass is 10.1. The van der Waals surface area contributed by atoms with E-state index in [2.05, 4.69) is 25.2 Å². The van der Waals surface area contributed by atoms with Gasteiger partial charge in [-0.15, -0.1) is 0 Å². The lowest BCUT2D eigenvalue weighted by Crippen LogP contribution is -2.18. The van der Waals surface area contributed by atoms with Crippen LogP contribution in [0.2, 0.25) is 0 Å². The van der Waals surface area contributed by atoms with Gasteiger partial charge in [0, 0.05) is 12.6 Å².